The molecule has 5 heteroatoms. The molecule has 0 aliphatic heterocycles. The van der Waals surface area contributed by atoms with Gasteiger partial charge in [0.25, 0.3) is 5.91 Å². The minimum atomic E-state index is -0.205. The molecule has 0 saturated carbocycles. The number of carbonyl (C=O) groups is 1. The first-order valence-corrected chi connectivity index (χ1v) is 5.53. The predicted molar refractivity (Wildman–Crippen MR) is 65.4 cm³/mol. The van der Waals surface area contributed by atoms with Gasteiger partial charge in [-0.2, -0.15) is 5.10 Å². The fraction of sp³-hybridized carbons (Fsp3) is 0.0909. The van der Waals surface area contributed by atoms with E-state index in [1.165, 1.54) is 0 Å². The molecule has 16 heavy (non-hydrogen) atoms. The molecule has 0 atom stereocenters. The summed E-state index contributed by atoms with van der Waals surface area (Å²) in [7, 11) is 0. The lowest BCUT2D eigenvalue weighted by molar-refractivity contribution is 0.102. The fourth-order valence-corrected chi connectivity index (χ4v) is 1.68. The molecule has 0 aliphatic rings. The van der Waals surface area contributed by atoms with Gasteiger partial charge in [0.2, 0.25) is 0 Å². The highest BCUT2D eigenvalue weighted by molar-refractivity contribution is 9.10. The number of aromatic nitrogens is 2. The molecule has 0 radical (unpaired) electrons. The number of aryl methyl sites for hydroxylation is 1. The summed E-state index contributed by atoms with van der Waals surface area (Å²) < 4.78 is 0.892. The maximum absolute atomic E-state index is 11.7. The van der Waals surface area contributed by atoms with E-state index in [2.05, 4.69) is 31.4 Å². The molecule has 1 amide bonds. The highest BCUT2D eigenvalue weighted by atomic mass is 79.9. The summed E-state index contributed by atoms with van der Waals surface area (Å²) in [5.74, 6) is -0.205. The number of hydrogen-bond acceptors (Lipinski definition) is 2. The van der Waals surface area contributed by atoms with E-state index in [-0.39, 0.29) is 5.91 Å². The summed E-state index contributed by atoms with van der Waals surface area (Å²) in [6.07, 6.45) is 1.54. The van der Waals surface area contributed by atoms with Crippen LogP contribution in [-0.2, 0) is 0 Å². The average Bonchev–Trinajstić information content (AvgIpc) is 2.78. The van der Waals surface area contributed by atoms with Crippen molar-refractivity contribution >= 4 is 27.5 Å². The van der Waals surface area contributed by atoms with Crippen LogP contribution in [0.15, 0.2) is 34.9 Å². The van der Waals surface area contributed by atoms with Crippen molar-refractivity contribution in [3.63, 3.8) is 0 Å². The van der Waals surface area contributed by atoms with Crippen molar-refractivity contribution in [2.75, 3.05) is 5.32 Å². The third-order valence-electron chi connectivity index (χ3n) is 2.19. The predicted octanol–water partition coefficient (Wildman–Crippen LogP) is 2.73. The van der Waals surface area contributed by atoms with Crippen molar-refractivity contribution in [3.05, 3.63) is 46.2 Å². The van der Waals surface area contributed by atoms with Gasteiger partial charge in [0.1, 0.15) is 5.69 Å². The Morgan fingerprint density at radius 1 is 1.44 bits per heavy atom. The molecule has 2 aromatic rings. The Morgan fingerprint density at radius 2 is 2.25 bits per heavy atom. The summed E-state index contributed by atoms with van der Waals surface area (Å²) in [5.41, 5.74) is 2.26. The number of rotatable bonds is 2. The quantitative estimate of drug-likeness (QED) is 0.888. The zero-order valence-electron chi connectivity index (χ0n) is 8.62. The first kappa shape index (κ1) is 10.9. The summed E-state index contributed by atoms with van der Waals surface area (Å²) in [6.45, 7) is 1.97. The van der Waals surface area contributed by atoms with Gasteiger partial charge in [-0.15, -0.1) is 0 Å². The van der Waals surface area contributed by atoms with Crippen LogP contribution in [-0.4, -0.2) is 16.1 Å². The van der Waals surface area contributed by atoms with Gasteiger partial charge < -0.3 is 5.32 Å². The van der Waals surface area contributed by atoms with E-state index in [1.54, 1.807) is 12.3 Å². The second-order valence-electron chi connectivity index (χ2n) is 3.36. The number of H-pyrrole nitrogens is 1. The van der Waals surface area contributed by atoms with Crippen LogP contribution in [0.4, 0.5) is 5.69 Å². The van der Waals surface area contributed by atoms with Crippen molar-refractivity contribution in [1.29, 1.82) is 0 Å². The van der Waals surface area contributed by atoms with Gasteiger partial charge in [-0.3, -0.25) is 9.89 Å². The molecular weight excluding hydrogens is 270 g/mol. The van der Waals surface area contributed by atoms with Gasteiger partial charge in [0.05, 0.1) is 5.69 Å². The van der Waals surface area contributed by atoms with E-state index in [0.717, 1.165) is 15.7 Å². The number of hydrogen-bond donors (Lipinski definition) is 2. The van der Waals surface area contributed by atoms with E-state index in [0.29, 0.717) is 5.69 Å². The van der Waals surface area contributed by atoms with Crippen molar-refractivity contribution in [2.45, 2.75) is 6.92 Å². The molecule has 0 spiro atoms. The molecule has 2 rings (SSSR count). The molecule has 1 heterocycles. The zero-order valence-corrected chi connectivity index (χ0v) is 10.2. The van der Waals surface area contributed by atoms with Crippen molar-refractivity contribution in [2.24, 2.45) is 0 Å². The number of nitrogens with zero attached hydrogens (tertiary/aromatic N) is 1. The van der Waals surface area contributed by atoms with Crippen LogP contribution in [0.1, 0.15) is 16.1 Å². The lowest BCUT2D eigenvalue weighted by Crippen LogP contribution is -2.12. The number of aromatic amines is 1. The van der Waals surface area contributed by atoms with E-state index in [1.807, 2.05) is 25.1 Å². The van der Waals surface area contributed by atoms with Gasteiger partial charge in [-0.1, -0.05) is 12.1 Å². The Morgan fingerprint density at radius 3 is 2.94 bits per heavy atom. The van der Waals surface area contributed by atoms with E-state index >= 15 is 0 Å². The molecule has 2 N–H and O–H groups in total. The summed E-state index contributed by atoms with van der Waals surface area (Å²) in [4.78, 5) is 11.7. The topological polar surface area (TPSA) is 57.8 Å². The van der Waals surface area contributed by atoms with Gasteiger partial charge in [-0.25, -0.2) is 0 Å². The van der Waals surface area contributed by atoms with Crippen LogP contribution in [0.3, 0.4) is 0 Å². The highest BCUT2D eigenvalue weighted by Crippen LogP contribution is 2.25. The summed E-state index contributed by atoms with van der Waals surface area (Å²) in [6, 6.07) is 7.32. The Bertz CT molecular complexity index is 508. The van der Waals surface area contributed by atoms with Crippen molar-refractivity contribution < 1.29 is 4.79 Å². The molecule has 0 aliphatic carbocycles. The molecular formula is C11H10BrN3O. The minimum Gasteiger partial charge on any atom is -0.320 e. The number of benzene rings is 1. The third-order valence-corrected chi connectivity index (χ3v) is 3.24. The van der Waals surface area contributed by atoms with E-state index < -0.39 is 0 Å². The van der Waals surface area contributed by atoms with Gasteiger partial charge in [0.15, 0.2) is 0 Å². The minimum absolute atomic E-state index is 0.205. The molecule has 1 aromatic carbocycles. The standard InChI is InChI=1S/C11H10BrN3O/c1-7-3-2-4-8(10(7)12)14-11(16)9-5-6-13-15-9/h2-6H,1H3,(H,13,15)(H,14,16). The molecule has 1 aromatic heterocycles. The van der Waals surface area contributed by atoms with E-state index in [4.69, 9.17) is 0 Å². The third kappa shape index (κ3) is 2.14. The summed E-state index contributed by atoms with van der Waals surface area (Å²) >= 11 is 3.43. The maximum Gasteiger partial charge on any atom is 0.273 e. The molecule has 0 fully saturated rings. The summed E-state index contributed by atoms with van der Waals surface area (Å²) in [5, 5.41) is 9.14. The normalized spacial score (nSPS) is 10.1. The smallest absolute Gasteiger partial charge is 0.273 e. The van der Waals surface area contributed by atoms with Crippen LogP contribution in [0.25, 0.3) is 0 Å². The van der Waals surface area contributed by atoms with Crippen LogP contribution >= 0.6 is 15.9 Å². The first-order valence-electron chi connectivity index (χ1n) is 4.74. The second kappa shape index (κ2) is 4.49. The van der Waals surface area contributed by atoms with Gasteiger partial charge in [0, 0.05) is 10.7 Å². The number of nitrogens with one attached hydrogen (secondary N) is 2. The Labute approximate surface area is 101 Å². The van der Waals surface area contributed by atoms with Gasteiger partial charge >= 0.3 is 0 Å². The lowest BCUT2D eigenvalue weighted by Gasteiger charge is -2.07. The Kier molecular flexibility index (Phi) is 3.05. The average molecular weight is 280 g/mol. The largest absolute Gasteiger partial charge is 0.320 e. The monoisotopic (exact) mass is 279 g/mol. The Balaban J connectivity index is 2.22. The molecule has 0 unspecified atom stereocenters. The number of halogens is 1. The number of anilines is 1. The van der Waals surface area contributed by atoms with Crippen LogP contribution in [0, 0.1) is 6.92 Å². The van der Waals surface area contributed by atoms with Crippen molar-refractivity contribution in [3.8, 4) is 0 Å². The fourth-order valence-electron chi connectivity index (χ4n) is 1.32. The highest BCUT2D eigenvalue weighted by Gasteiger charge is 2.09. The van der Waals surface area contributed by atoms with Gasteiger partial charge in [-0.05, 0) is 40.5 Å². The number of amides is 1. The Hall–Kier alpha value is -1.62. The maximum atomic E-state index is 11.7. The molecule has 0 saturated heterocycles. The van der Waals surface area contributed by atoms with Crippen LogP contribution in [0.5, 0.6) is 0 Å². The zero-order chi connectivity index (χ0) is 11.5. The number of carbonyl (C=O) groups excluding carboxylic acids is 1. The van der Waals surface area contributed by atoms with Crippen LogP contribution < -0.4 is 5.32 Å². The van der Waals surface area contributed by atoms with Crippen LogP contribution in [0.2, 0.25) is 0 Å². The molecule has 0 bridgehead atoms. The lowest BCUT2D eigenvalue weighted by atomic mass is 10.2. The van der Waals surface area contributed by atoms with E-state index in [9.17, 15) is 4.79 Å². The molecule has 82 valence electrons. The first-order chi connectivity index (χ1) is 7.68. The van der Waals surface area contributed by atoms with Crippen molar-refractivity contribution in [1.82, 2.24) is 10.2 Å². The second-order valence-corrected chi connectivity index (χ2v) is 4.15. The molecule has 4 nitrogen and oxygen atoms in total. The SMILES string of the molecule is Cc1cccc(NC(=O)c2ccn[nH]2)c1Br.